The molecule has 15 heavy (non-hydrogen) atoms. The average Bonchev–Trinajstić information content (AvgIpc) is 2.34. The third-order valence-electron chi connectivity index (χ3n) is 4.08. The Bertz CT molecular complexity index is 409. The number of fused-ring (bicyclic) bond motifs is 2. The molecule has 2 bridgehead atoms. The van der Waals surface area contributed by atoms with Crippen LogP contribution >= 0.6 is 0 Å². The van der Waals surface area contributed by atoms with Gasteiger partial charge in [-0.05, 0) is 18.8 Å². The maximum absolute atomic E-state index is 11.9. The highest BCUT2D eigenvalue weighted by Crippen LogP contribution is 2.60. The summed E-state index contributed by atoms with van der Waals surface area (Å²) in [6.45, 7) is 3.86. The van der Waals surface area contributed by atoms with Crippen LogP contribution in [0.4, 0.5) is 0 Å². The van der Waals surface area contributed by atoms with Gasteiger partial charge >= 0.3 is 0 Å². The molecule has 2 atom stereocenters. The number of carbonyl (C=O) groups excluding carboxylic acids is 1. The Kier molecular flexibility index (Phi) is 2.09. The first kappa shape index (κ1) is 11.1. The molecule has 2 rings (SSSR count). The van der Waals surface area contributed by atoms with Crippen molar-refractivity contribution in [3.8, 4) is 0 Å². The number of hydrogen-bond acceptors (Lipinski definition) is 4. The fourth-order valence-corrected chi connectivity index (χ4v) is 4.00. The zero-order chi connectivity index (χ0) is 11.5. The predicted octanol–water partition coefficient (Wildman–Crippen LogP) is 1.11. The van der Waals surface area contributed by atoms with E-state index in [1.54, 1.807) is 0 Å². The summed E-state index contributed by atoms with van der Waals surface area (Å²) in [5.41, 5.74) is -1.43. The second-order valence-electron chi connectivity index (χ2n) is 5.20. The summed E-state index contributed by atoms with van der Waals surface area (Å²) < 4.78 is 27.6. The van der Waals surface area contributed by atoms with Crippen LogP contribution in [0.2, 0.25) is 0 Å². The fraction of sp³-hybridized carbons (Fsp3) is 0.900. The molecule has 4 nitrogen and oxygen atoms in total. The molecule has 2 aliphatic rings. The normalized spacial score (nSPS) is 38.6. The van der Waals surface area contributed by atoms with Crippen molar-refractivity contribution in [2.75, 3.05) is 6.26 Å². The first-order valence-electron chi connectivity index (χ1n) is 5.13. The molecule has 5 heteroatoms. The third kappa shape index (κ3) is 1.36. The highest BCUT2D eigenvalue weighted by Gasteiger charge is 2.66. The van der Waals surface area contributed by atoms with Crippen molar-refractivity contribution in [2.24, 2.45) is 11.3 Å². The van der Waals surface area contributed by atoms with E-state index in [2.05, 4.69) is 0 Å². The zero-order valence-corrected chi connectivity index (χ0v) is 10.1. The minimum atomic E-state index is -3.58. The van der Waals surface area contributed by atoms with Gasteiger partial charge in [0, 0.05) is 11.8 Å². The molecule has 0 aromatic rings. The van der Waals surface area contributed by atoms with Gasteiger partial charge in [-0.3, -0.25) is 8.98 Å². The van der Waals surface area contributed by atoms with Crippen LogP contribution in [-0.2, 0) is 19.1 Å². The molecule has 0 spiro atoms. The van der Waals surface area contributed by atoms with Crippen LogP contribution in [0.3, 0.4) is 0 Å². The molecule has 0 N–H and O–H groups in total. The Morgan fingerprint density at radius 1 is 1.40 bits per heavy atom. The molecule has 0 radical (unpaired) electrons. The van der Waals surface area contributed by atoms with E-state index in [0.29, 0.717) is 12.8 Å². The smallest absolute Gasteiger partial charge is 0.265 e. The number of hydrogen-bond donors (Lipinski definition) is 0. The predicted molar refractivity (Wildman–Crippen MR) is 54.8 cm³/mol. The first-order chi connectivity index (χ1) is 6.69. The second-order valence-corrected chi connectivity index (χ2v) is 6.77. The van der Waals surface area contributed by atoms with Crippen LogP contribution in [0.1, 0.15) is 33.1 Å². The topological polar surface area (TPSA) is 60.4 Å². The number of rotatable bonds is 2. The number of ketones is 1. The van der Waals surface area contributed by atoms with E-state index in [4.69, 9.17) is 4.18 Å². The van der Waals surface area contributed by atoms with Gasteiger partial charge in [0.1, 0.15) is 0 Å². The van der Waals surface area contributed by atoms with Crippen LogP contribution in [0.25, 0.3) is 0 Å². The molecule has 0 aromatic heterocycles. The van der Waals surface area contributed by atoms with Crippen molar-refractivity contribution < 1.29 is 17.4 Å². The maximum Gasteiger partial charge on any atom is 0.265 e. The molecule has 2 saturated carbocycles. The average molecular weight is 232 g/mol. The van der Waals surface area contributed by atoms with Gasteiger partial charge in [0.2, 0.25) is 0 Å². The van der Waals surface area contributed by atoms with Crippen LogP contribution in [0.15, 0.2) is 0 Å². The fourth-order valence-electron chi connectivity index (χ4n) is 3.09. The molecule has 2 fully saturated rings. The van der Waals surface area contributed by atoms with Crippen molar-refractivity contribution in [3.05, 3.63) is 0 Å². The van der Waals surface area contributed by atoms with Crippen molar-refractivity contribution in [3.63, 3.8) is 0 Å². The van der Waals surface area contributed by atoms with Gasteiger partial charge in [0.25, 0.3) is 10.1 Å². The van der Waals surface area contributed by atoms with E-state index in [-0.39, 0.29) is 17.1 Å². The molecular formula is C10H16O4S. The lowest BCUT2D eigenvalue weighted by Crippen LogP contribution is -2.47. The highest BCUT2D eigenvalue weighted by molar-refractivity contribution is 7.86. The zero-order valence-electron chi connectivity index (χ0n) is 9.24. The van der Waals surface area contributed by atoms with Crippen LogP contribution < -0.4 is 0 Å². The van der Waals surface area contributed by atoms with Crippen LogP contribution in [-0.4, -0.2) is 26.1 Å². The van der Waals surface area contributed by atoms with Gasteiger partial charge in [0.05, 0.1) is 6.26 Å². The van der Waals surface area contributed by atoms with E-state index < -0.39 is 15.7 Å². The van der Waals surface area contributed by atoms with Gasteiger partial charge in [0.15, 0.2) is 11.4 Å². The Hall–Kier alpha value is -0.420. The summed E-state index contributed by atoms with van der Waals surface area (Å²) in [7, 11) is -3.58. The standard InChI is InChI=1S/C10H16O4S/c1-9(2)7-4-5-10(9,8(11)6-7)14-15(3,12)13/h7H,4-6H2,1-3H3/t7-,10-/m1/s1. The Morgan fingerprint density at radius 2 is 2.00 bits per heavy atom. The summed E-state index contributed by atoms with van der Waals surface area (Å²) in [5.74, 6) is 0.223. The molecule has 0 aliphatic heterocycles. The lowest BCUT2D eigenvalue weighted by Gasteiger charge is -2.34. The van der Waals surface area contributed by atoms with Gasteiger partial charge in [-0.25, -0.2) is 0 Å². The van der Waals surface area contributed by atoms with Gasteiger partial charge in [-0.15, -0.1) is 0 Å². The lowest BCUT2D eigenvalue weighted by atomic mass is 9.79. The Morgan fingerprint density at radius 3 is 2.33 bits per heavy atom. The number of Topliss-reactive ketones (excluding diaryl/α,β-unsaturated/α-hetero) is 1. The summed E-state index contributed by atoms with van der Waals surface area (Å²) >= 11 is 0. The molecule has 86 valence electrons. The molecule has 0 heterocycles. The quantitative estimate of drug-likeness (QED) is 0.669. The van der Waals surface area contributed by atoms with E-state index >= 15 is 0 Å². The van der Waals surface area contributed by atoms with Crippen LogP contribution in [0, 0.1) is 11.3 Å². The minimum absolute atomic E-state index is 0.0471. The highest BCUT2D eigenvalue weighted by atomic mass is 32.2. The third-order valence-corrected chi connectivity index (χ3v) is 4.67. The molecule has 0 aromatic carbocycles. The summed E-state index contributed by atoms with van der Waals surface area (Å²) in [4.78, 5) is 11.9. The Labute approximate surface area is 90.1 Å². The van der Waals surface area contributed by atoms with Crippen molar-refractivity contribution in [1.29, 1.82) is 0 Å². The maximum atomic E-state index is 11.9. The minimum Gasteiger partial charge on any atom is -0.296 e. The molecule has 2 aliphatic carbocycles. The first-order valence-corrected chi connectivity index (χ1v) is 6.95. The van der Waals surface area contributed by atoms with Crippen molar-refractivity contribution in [1.82, 2.24) is 0 Å². The second kappa shape index (κ2) is 2.83. The number of carbonyl (C=O) groups is 1. The summed E-state index contributed by atoms with van der Waals surface area (Å²) in [6, 6.07) is 0. The molecule has 0 saturated heterocycles. The van der Waals surface area contributed by atoms with Gasteiger partial charge in [-0.2, -0.15) is 8.42 Å². The van der Waals surface area contributed by atoms with E-state index in [1.807, 2.05) is 13.8 Å². The molecular weight excluding hydrogens is 216 g/mol. The summed E-state index contributed by atoms with van der Waals surface area (Å²) in [6.07, 6.45) is 2.89. The van der Waals surface area contributed by atoms with Crippen molar-refractivity contribution >= 4 is 15.9 Å². The molecule has 0 amide bonds. The van der Waals surface area contributed by atoms with Gasteiger partial charge < -0.3 is 0 Å². The summed E-state index contributed by atoms with van der Waals surface area (Å²) in [5, 5.41) is 0. The Balaban J connectivity index is 2.45. The largest absolute Gasteiger partial charge is 0.296 e. The van der Waals surface area contributed by atoms with E-state index in [9.17, 15) is 13.2 Å². The van der Waals surface area contributed by atoms with Crippen LogP contribution in [0.5, 0.6) is 0 Å². The molecule has 0 unspecified atom stereocenters. The van der Waals surface area contributed by atoms with Gasteiger partial charge in [-0.1, -0.05) is 13.8 Å². The van der Waals surface area contributed by atoms with E-state index in [1.165, 1.54) is 0 Å². The van der Waals surface area contributed by atoms with E-state index in [0.717, 1.165) is 12.7 Å². The lowest BCUT2D eigenvalue weighted by molar-refractivity contribution is -0.136. The SMILES string of the molecule is CC1(C)[C@@H]2CC[C@@]1(OS(C)(=O)=O)C(=O)C2. The monoisotopic (exact) mass is 232 g/mol. The van der Waals surface area contributed by atoms with Crippen molar-refractivity contribution in [2.45, 2.75) is 38.7 Å².